The molecule has 3 nitrogen and oxygen atoms in total. The molecule has 0 amide bonds. The minimum atomic E-state index is -0.264. The molecule has 0 radical (unpaired) electrons. The van der Waals surface area contributed by atoms with Crippen LogP contribution in [0.1, 0.15) is 20.3 Å². The van der Waals surface area contributed by atoms with Crippen LogP contribution in [0.3, 0.4) is 0 Å². The molecule has 0 aliphatic rings. The molecular weight excluding hydrogens is 317 g/mol. The summed E-state index contributed by atoms with van der Waals surface area (Å²) in [5.74, 6) is -0.191. The standard InChI is InChI=1S/C12H16INO2/c1-3-11(12(15)16-4-2)14-10-7-5-9(13)6-8-10/h5-8,11,14H,3-4H2,1-2H3. The third-order valence-electron chi connectivity index (χ3n) is 2.16. The van der Waals surface area contributed by atoms with Gasteiger partial charge < -0.3 is 10.1 Å². The van der Waals surface area contributed by atoms with E-state index in [1.807, 2.05) is 38.1 Å². The number of carbonyl (C=O) groups excluding carboxylic acids is 1. The molecule has 1 atom stereocenters. The molecular formula is C12H16INO2. The van der Waals surface area contributed by atoms with E-state index in [4.69, 9.17) is 4.74 Å². The molecule has 0 aliphatic carbocycles. The zero-order valence-electron chi connectivity index (χ0n) is 9.50. The summed E-state index contributed by atoms with van der Waals surface area (Å²) in [6.45, 7) is 4.19. The maximum absolute atomic E-state index is 11.6. The van der Waals surface area contributed by atoms with Crippen LogP contribution >= 0.6 is 22.6 Å². The first kappa shape index (κ1) is 13.3. The van der Waals surface area contributed by atoms with E-state index >= 15 is 0 Å². The lowest BCUT2D eigenvalue weighted by Crippen LogP contribution is -2.30. The van der Waals surface area contributed by atoms with Crippen LogP contribution in [-0.4, -0.2) is 18.6 Å². The van der Waals surface area contributed by atoms with E-state index in [2.05, 4.69) is 27.9 Å². The molecule has 0 aliphatic heterocycles. The van der Waals surface area contributed by atoms with Crippen LogP contribution in [0.4, 0.5) is 5.69 Å². The summed E-state index contributed by atoms with van der Waals surface area (Å²) in [6, 6.07) is 7.66. The minimum absolute atomic E-state index is 0.191. The molecule has 0 saturated carbocycles. The van der Waals surface area contributed by atoms with Gasteiger partial charge in [0.1, 0.15) is 6.04 Å². The van der Waals surface area contributed by atoms with Crippen molar-refractivity contribution < 1.29 is 9.53 Å². The second-order valence-electron chi connectivity index (χ2n) is 3.36. The van der Waals surface area contributed by atoms with Gasteiger partial charge in [0.2, 0.25) is 0 Å². The highest BCUT2D eigenvalue weighted by molar-refractivity contribution is 14.1. The topological polar surface area (TPSA) is 38.3 Å². The Kier molecular flexibility index (Phi) is 5.59. The van der Waals surface area contributed by atoms with Crippen LogP contribution in [-0.2, 0) is 9.53 Å². The van der Waals surface area contributed by atoms with Gasteiger partial charge in [0.05, 0.1) is 6.61 Å². The number of ether oxygens (including phenoxy) is 1. The Morgan fingerprint density at radius 2 is 2.00 bits per heavy atom. The van der Waals surface area contributed by atoms with Crippen molar-refractivity contribution in [1.82, 2.24) is 0 Å². The molecule has 88 valence electrons. The van der Waals surface area contributed by atoms with E-state index in [1.54, 1.807) is 0 Å². The highest BCUT2D eigenvalue weighted by Crippen LogP contribution is 2.13. The Labute approximate surface area is 110 Å². The molecule has 4 heteroatoms. The monoisotopic (exact) mass is 333 g/mol. The van der Waals surface area contributed by atoms with Gasteiger partial charge in [0.25, 0.3) is 0 Å². The Balaban J connectivity index is 2.62. The van der Waals surface area contributed by atoms with E-state index in [0.717, 1.165) is 5.69 Å². The van der Waals surface area contributed by atoms with Crippen LogP contribution in [0.2, 0.25) is 0 Å². The fourth-order valence-corrected chi connectivity index (χ4v) is 1.68. The first-order chi connectivity index (χ1) is 7.67. The van der Waals surface area contributed by atoms with Gasteiger partial charge in [-0.25, -0.2) is 4.79 Å². The van der Waals surface area contributed by atoms with Crippen LogP contribution in [0.5, 0.6) is 0 Å². The summed E-state index contributed by atoms with van der Waals surface area (Å²) in [6.07, 6.45) is 0.713. The van der Waals surface area contributed by atoms with Gasteiger partial charge in [-0.2, -0.15) is 0 Å². The summed E-state index contributed by atoms with van der Waals surface area (Å²) >= 11 is 2.25. The maximum Gasteiger partial charge on any atom is 0.328 e. The van der Waals surface area contributed by atoms with Gasteiger partial charge in [0, 0.05) is 9.26 Å². The average Bonchev–Trinajstić information content (AvgIpc) is 2.28. The van der Waals surface area contributed by atoms with Crippen molar-refractivity contribution in [2.24, 2.45) is 0 Å². The molecule has 1 rings (SSSR count). The van der Waals surface area contributed by atoms with E-state index in [-0.39, 0.29) is 12.0 Å². The number of hydrogen-bond donors (Lipinski definition) is 1. The van der Waals surface area contributed by atoms with Crippen molar-refractivity contribution in [3.05, 3.63) is 27.8 Å². The first-order valence-corrected chi connectivity index (χ1v) is 6.44. The smallest absolute Gasteiger partial charge is 0.328 e. The lowest BCUT2D eigenvalue weighted by molar-refractivity contribution is -0.144. The van der Waals surface area contributed by atoms with Gasteiger partial charge >= 0.3 is 5.97 Å². The number of halogens is 1. The third-order valence-corrected chi connectivity index (χ3v) is 2.88. The van der Waals surface area contributed by atoms with E-state index < -0.39 is 0 Å². The zero-order valence-corrected chi connectivity index (χ0v) is 11.7. The number of esters is 1. The average molecular weight is 333 g/mol. The Morgan fingerprint density at radius 1 is 1.38 bits per heavy atom. The predicted molar refractivity (Wildman–Crippen MR) is 73.5 cm³/mol. The van der Waals surface area contributed by atoms with Crippen molar-refractivity contribution >= 4 is 34.2 Å². The molecule has 0 heterocycles. The highest BCUT2D eigenvalue weighted by Gasteiger charge is 2.16. The van der Waals surface area contributed by atoms with Crippen molar-refractivity contribution in [3.63, 3.8) is 0 Å². The van der Waals surface area contributed by atoms with Gasteiger partial charge in [0.15, 0.2) is 0 Å². The van der Waals surface area contributed by atoms with Crippen LogP contribution in [0.15, 0.2) is 24.3 Å². The molecule has 1 N–H and O–H groups in total. The van der Waals surface area contributed by atoms with Gasteiger partial charge in [-0.05, 0) is 60.2 Å². The van der Waals surface area contributed by atoms with Crippen molar-refractivity contribution in [2.75, 3.05) is 11.9 Å². The second-order valence-corrected chi connectivity index (χ2v) is 4.61. The molecule has 1 aromatic carbocycles. The fourth-order valence-electron chi connectivity index (χ4n) is 1.32. The number of benzene rings is 1. The molecule has 0 saturated heterocycles. The maximum atomic E-state index is 11.6. The van der Waals surface area contributed by atoms with E-state index in [9.17, 15) is 4.79 Å². The second kappa shape index (κ2) is 6.73. The number of hydrogen-bond acceptors (Lipinski definition) is 3. The largest absolute Gasteiger partial charge is 0.464 e. The van der Waals surface area contributed by atoms with Crippen molar-refractivity contribution in [2.45, 2.75) is 26.3 Å². The summed E-state index contributed by atoms with van der Waals surface area (Å²) in [5.41, 5.74) is 0.945. The van der Waals surface area contributed by atoms with Crippen molar-refractivity contribution in [3.8, 4) is 0 Å². The SMILES string of the molecule is CCOC(=O)C(CC)Nc1ccc(I)cc1. The van der Waals surface area contributed by atoms with Crippen molar-refractivity contribution in [1.29, 1.82) is 0 Å². The fraction of sp³-hybridized carbons (Fsp3) is 0.417. The molecule has 16 heavy (non-hydrogen) atoms. The Hall–Kier alpha value is -0.780. The Morgan fingerprint density at radius 3 is 2.50 bits per heavy atom. The van der Waals surface area contributed by atoms with E-state index in [1.165, 1.54) is 3.57 Å². The number of rotatable bonds is 5. The normalized spacial score (nSPS) is 11.9. The van der Waals surface area contributed by atoms with Crippen LogP contribution in [0, 0.1) is 3.57 Å². The van der Waals surface area contributed by atoms with Gasteiger partial charge in [-0.3, -0.25) is 0 Å². The van der Waals surface area contributed by atoms with Crippen LogP contribution < -0.4 is 5.32 Å². The summed E-state index contributed by atoms with van der Waals surface area (Å²) in [7, 11) is 0. The zero-order chi connectivity index (χ0) is 12.0. The van der Waals surface area contributed by atoms with Gasteiger partial charge in [-0.15, -0.1) is 0 Å². The first-order valence-electron chi connectivity index (χ1n) is 5.36. The Bertz CT molecular complexity index is 337. The number of nitrogens with one attached hydrogen (secondary N) is 1. The number of carbonyl (C=O) groups is 1. The quantitative estimate of drug-likeness (QED) is 0.665. The lowest BCUT2D eigenvalue weighted by atomic mass is 10.2. The van der Waals surface area contributed by atoms with Crippen LogP contribution in [0.25, 0.3) is 0 Å². The predicted octanol–water partition coefficient (Wildman–Crippen LogP) is 3.04. The lowest BCUT2D eigenvalue weighted by Gasteiger charge is -2.16. The summed E-state index contributed by atoms with van der Waals surface area (Å²) in [5, 5.41) is 3.16. The molecule has 0 spiro atoms. The summed E-state index contributed by atoms with van der Waals surface area (Å²) in [4.78, 5) is 11.6. The molecule has 1 aromatic rings. The van der Waals surface area contributed by atoms with Gasteiger partial charge in [-0.1, -0.05) is 6.92 Å². The molecule has 0 bridgehead atoms. The minimum Gasteiger partial charge on any atom is -0.464 e. The molecule has 0 aromatic heterocycles. The number of anilines is 1. The molecule has 0 fully saturated rings. The third kappa shape index (κ3) is 4.00. The molecule has 1 unspecified atom stereocenters. The van der Waals surface area contributed by atoms with E-state index in [0.29, 0.717) is 13.0 Å². The highest BCUT2D eigenvalue weighted by atomic mass is 127. The summed E-state index contributed by atoms with van der Waals surface area (Å²) < 4.78 is 6.16.